The third-order valence-electron chi connectivity index (χ3n) is 2.57. The Morgan fingerprint density at radius 2 is 2.14 bits per heavy atom. The predicted molar refractivity (Wildman–Crippen MR) is 80.9 cm³/mol. The third-order valence-corrected chi connectivity index (χ3v) is 2.57. The summed E-state index contributed by atoms with van der Waals surface area (Å²) < 4.78 is 4.90. The maximum absolute atomic E-state index is 11.7. The fourth-order valence-corrected chi connectivity index (χ4v) is 1.50. The first-order valence-corrected chi connectivity index (χ1v) is 6.87. The van der Waals surface area contributed by atoms with E-state index in [4.69, 9.17) is 10.5 Å². The normalized spacial score (nSPS) is 10.3. The second kappa shape index (κ2) is 8.08. The van der Waals surface area contributed by atoms with Gasteiger partial charge in [0.25, 0.3) is 0 Å². The van der Waals surface area contributed by atoms with Crippen LogP contribution in [0.4, 0.5) is 11.5 Å². The van der Waals surface area contributed by atoms with Crippen LogP contribution in [0.1, 0.15) is 31.1 Å². The molecule has 0 radical (unpaired) electrons. The van der Waals surface area contributed by atoms with Gasteiger partial charge in [-0.2, -0.15) is 0 Å². The Bertz CT molecular complexity index is 503. The van der Waals surface area contributed by atoms with E-state index in [9.17, 15) is 9.59 Å². The fourth-order valence-electron chi connectivity index (χ4n) is 1.50. The van der Waals surface area contributed by atoms with Crippen molar-refractivity contribution in [2.75, 3.05) is 30.7 Å². The van der Waals surface area contributed by atoms with Crippen molar-refractivity contribution in [3.63, 3.8) is 0 Å². The number of pyridine rings is 1. The van der Waals surface area contributed by atoms with Gasteiger partial charge in [0.05, 0.1) is 30.6 Å². The minimum Gasteiger partial charge on any atom is -0.462 e. The van der Waals surface area contributed by atoms with Gasteiger partial charge in [-0.3, -0.25) is 4.79 Å². The quantitative estimate of drug-likeness (QED) is 0.648. The first kappa shape index (κ1) is 16.7. The van der Waals surface area contributed by atoms with Crippen LogP contribution >= 0.6 is 0 Å². The number of ether oxygens (including phenoxy) is 1. The average Bonchev–Trinajstić information content (AvgIpc) is 2.44. The maximum Gasteiger partial charge on any atom is 0.340 e. The second-order valence-electron chi connectivity index (χ2n) is 4.93. The molecule has 0 atom stereocenters. The Morgan fingerprint density at radius 1 is 1.43 bits per heavy atom. The second-order valence-corrected chi connectivity index (χ2v) is 4.93. The summed E-state index contributed by atoms with van der Waals surface area (Å²) in [6.45, 7) is 6.70. The number of nitrogens with one attached hydrogen (secondary N) is 2. The summed E-state index contributed by atoms with van der Waals surface area (Å²) in [5.74, 6) is 0.135. The number of nitrogen functional groups attached to an aromatic ring is 1. The highest BCUT2D eigenvalue weighted by molar-refractivity contribution is 5.95. The number of hydrogen-bond donors (Lipinski definition) is 3. The van der Waals surface area contributed by atoms with E-state index in [2.05, 4.69) is 15.6 Å². The summed E-state index contributed by atoms with van der Waals surface area (Å²) >= 11 is 0. The molecule has 0 bridgehead atoms. The first-order valence-electron chi connectivity index (χ1n) is 6.87. The number of carbonyl (C=O) groups is 2. The number of aromatic nitrogens is 1. The predicted octanol–water partition coefficient (Wildman–Crippen LogP) is 1.02. The molecular formula is C14H22N4O3. The Balaban J connectivity index is 2.62. The van der Waals surface area contributed by atoms with Crippen LogP contribution in [0.25, 0.3) is 0 Å². The van der Waals surface area contributed by atoms with Gasteiger partial charge in [0, 0.05) is 6.54 Å². The largest absolute Gasteiger partial charge is 0.462 e. The topological polar surface area (TPSA) is 106 Å². The van der Waals surface area contributed by atoms with Crippen molar-refractivity contribution < 1.29 is 14.3 Å². The zero-order valence-corrected chi connectivity index (χ0v) is 12.6. The lowest BCUT2D eigenvalue weighted by Crippen LogP contribution is -2.32. The van der Waals surface area contributed by atoms with E-state index >= 15 is 0 Å². The molecule has 116 valence electrons. The average molecular weight is 294 g/mol. The number of rotatable bonds is 7. The van der Waals surface area contributed by atoms with Crippen LogP contribution < -0.4 is 16.4 Å². The van der Waals surface area contributed by atoms with Crippen LogP contribution in [0.15, 0.2) is 12.3 Å². The lowest BCUT2D eigenvalue weighted by molar-refractivity contribution is -0.119. The molecule has 1 amide bonds. The number of hydrogen-bond acceptors (Lipinski definition) is 6. The van der Waals surface area contributed by atoms with Gasteiger partial charge in [-0.15, -0.1) is 0 Å². The Morgan fingerprint density at radius 3 is 2.76 bits per heavy atom. The number of esters is 1. The Labute approximate surface area is 124 Å². The van der Waals surface area contributed by atoms with E-state index in [1.165, 1.54) is 12.3 Å². The summed E-state index contributed by atoms with van der Waals surface area (Å²) in [7, 11) is 0. The molecule has 1 aromatic rings. The zero-order chi connectivity index (χ0) is 15.8. The highest BCUT2D eigenvalue weighted by Gasteiger charge is 2.12. The molecule has 0 aliphatic carbocycles. The molecular weight excluding hydrogens is 272 g/mol. The van der Waals surface area contributed by atoms with Gasteiger partial charge in [0.15, 0.2) is 0 Å². The molecule has 1 heterocycles. The SMILES string of the molecule is CCOC(=O)c1cc(NCC(=O)NCC(C)C)ncc1N. The molecule has 1 aromatic heterocycles. The smallest absolute Gasteiger partial charge is 0.340 e. The molecule has 0 aliphatic heterocycles. The van der Waals surface area contributed by atoms with Crippen molar-refractivity contribution in [3.8, 4) is 0 Å². The van der Waals surface area contributed by atoms with Gasteiger partial charge in [-0.1, -0.05) is 13.8 Å². The van der Waals surface area contributed by atoms with Crippen molar-refractivity contribution in [2.24, 2.45) is 5.92 Å². The molecule has 7 nitrogen and oxygen atoms in total. The summed E-state index contributed by atoms with van der Waals surface area (Å²) in [6, 6.07) is 1.48. The van der Waals surface area contributed by atoms with Crippen molar-refractivity contribution in [3.05, 3.63) is 17.8 Å². The Kier molecular flexibility index (Phi) is 6.45. The third kappa shape index (κ3) is 5.68. The number of nitrogens with two attached hydrogens (primary N) is 1. The number of carbonyl (C=O) groups excluding carboxylic acids is 2. The van der Waals surface area contributed by atoms with Gasteiger partial charge in [0.1, 0.15) is 5.82 Å². The summed E-state index contributed by atoms with van der Waals surface area (Å²) in [4.78, 5) is 27.3. The minimum absolute atomic E-state index is 0.0753. The molecule has 0 aliphatic rings. The van der Waals surface area contributed by atoms with Crippen LogP contribution in [-0.2, 0) is 9.53 Å². The van der Waals surface area contributed by atoms with E-state index < -0.39 is 5.97 Å². The lowest BCUT2D eigenvalue weighted by atomic mass is 10.2. The van der Waals surface area contributed by atoms with E-state index in [0.717, 1.165) is 0 Å². The van der Waals surface area contributed by atoms with Crippen LogP contribution in [0.2, 0.25) is 0 Å². The first-order chi connectivity index (χ1) is 9.93. The molecule has 0 fully saturated rings. The minimum atomic E-state index is -0.510. The number of anilines is 2. The fraction of sp³-hybridized carbons (Fsp3) is 0.500. The van der Waals surface area contributed by atoms with Crippen molar-refractivity contribution in [1.29, 1.82) is 0 Å². The van der Waals surface area contributed by atoms with E-state index in [1.807, 2.05) is 13.8 Å². The number of amides is 1. The molecule has 1 rings (SSSR count). The van der Waals surface area contributed by atoms with E-state index in [0.29, 0.717) is 18.3 Å². The Hall–Kier alpha value is -2.31. The molecule has 0 saturated heterocycles. The highest BCUT2D eigenvalue weighted by Crippen LogP contribution is 2.15. The van der Waals surface area contributed by atoms with E-state index in [-0.39, 0.29) is 30.3 Å². The van der Waals surface area contributed by atoms with E-state index in [1.54, 1.807) is 6.92 Å². The van der Waals surface area contributed by atoms with Gasteiger partial charge in [0.2, 0.25) is 5.91 Å². The van der Waals surface area contributed by atoms with Gasteiger partial charge >= 0.3 is 5.97 Å². The van der Waals surface area contributed by atoms with Crippen LogP contribution in [0.3, 0.4) is 0 Å². The molecule has 0 unspecified atom stereocenters. The molecule has 7 heteroatoms. The molecule has 0 aromatic carbocycles. The summed E-state index contributed by atoms with van der Waals surface area (Å²) in [5.41, 5.74) is 6.16. The molecule has 0 saturated carbocycles. The van der Waals surface area contributed by atoms with Crippen molar-refractivity contribution >= 4 is 23.4 Å². The number of nitrogens with zero attached hydrogens (tertiary/aromatic N) is 1. The van der Waals surface area contributed by atoms with Gasteiger partial charge in [-0.05, 0) is 18.9 Å². The monoisotopic (exact) mass is 294 g/mol. The van der Waals surface area contributed by atoms with Gasteiger partial charge in [-0.25, -0.2) is 9.78 Å². The maximum atomic E-state index is 11.7. The standard InChI is InChI=1S/C14H22N4O3/c1-4-21-14(20)10-5-12(16-7-11(10)15)17-8-13(19)18-6-9(2)3/h5,7,9H,4,6,8,15H2,1-3H3,(H,16,17)(H,18,19). The summed E-state index contributed by atoms with van der Waals surface area (Å²) in [5, 5.41) is 5.62. The van der Waals surface area contributed by atoms with Gasteiger partial charge < -0.3 is 21.1 Å². The zero-order valence-electron chi connectivity index (χ0n) is 12.6. The molecule has 21 heavy (non-hydrogen) atoms. The van der Waals surface area contributed by atoms with Crippen molar-refractivity contribution in [2.45, 2.75) is 20.8 Å². The summed E-state index contributed by atoms with van der Waals surface area (Å²) in [6.07, 6.45) is 1.36. The molecule has 4 N–H and O–H groups in total. The van der Waals surface area contributed by atoms with Crippen LogP contribution in [0.5, 0.6) is 0 Å². The highest BCUT2D eigenvalue weighted by atomic mass is 16.5. The van der Waals surface area contributed by atoms with Crippen molar-refractivity contribution in [1.82, 2.24) is 10.3 Å². The van der Waals surface area contributed by atoms with Crippen LogP contribution in [0, 0.1) is 5.92 Å². The van der Waals surface area contributed by atoms with Crippen LogP contribution in [-0.4, -0.2) is 36.6 Å². The molecule has 0 spiro atoms. The lowest BCUT2D eigenvalue weighted by Gasteiger charge is -2.10.